The predicted octanol–water partition coefficient (Wildman–Crippen LogP) is 4.50. The van der Waals surface area contributed by atoms with Crippen molar-refractivity contribution in [1.29, 1.82) is 0 Å². The van der Waals surface area contributed by atoms with Crippen molar-refractivity contribution in [3.05, 3.63) is 89.5 Å². The average molecular weight is 532 g/mol. The normalized spacial score (nSPS) is 13.8. The van der Waals surface area contributed by atoms with E-state index in [4.69, 9.17) is 9.84 Å². The van der Waals surface area contributed by atoms with E-state index in [1.165, 1.54) is 16.8 Å². The van der Waals surface area contributed by atoms with Crippen LogP contribution in [0.15, 0.2) is 72.8 Å². The number of nitrogens with zero attached hydrogens (tertiary/aromatic N) is 2. The fourth-order valence-electron chi connectivity index (χ4n) is 4.73. The quantitative estimate of drug-likeness (QED) is 0.333. The molecule has 0 bridgehead atoms. The number of anilines is 1. The molecule has 39 heavy (non-hydrogen) atoms. The molecular formula is C32H41N3O4. The smallest absolute Gasteiger partial charge is 0.293 e. The molecule has 0 unspecified atom stereocenters. The highest BCUT2D eigenvalue weighted by Crippen LogP contribution is 2.26. The van der Waals surface area contributed by atoms with Gasteiger partial charge in [0.25, 0.3) is 6.47 Å². The molecule has 0 saturated carbocycles. The molecule has 2 N–H and O–H groups in total. The summed E-state index contributed by atoms with van der Waals surface area (Å²) in [5, 5.41) is 12.3. The summed E-state index contributed by atoms with van der Waals surface area (Å²) in [6.45, 7) is 5.27. The summed E-state index contributed by atoms with van der Waals surface area (Å²) < 4.78 is 5.02. The summed E-state index contributed by atoms with van der Waals surface area (Å²) in [6.07, 6.45) is 3.56. The maximum absolute atomic E-state index is 11.2. The first kappa shape index (κ1) is 30.0. The maximum Gasteiger partial charge on any atom is 0.293 e. The van der Waals surface area contributed by atoms with Crippen molar-refractivity contribution in [2.24, 2.45) is 0 Å². The van der Waals surface area contributed by atoms with Crippen molar-refractivity contribution in [3.8, 4) is 11.1 Å². The van der Waals surface area contributed by atoms with Crippen LogP contribution in [0.5, 0.6) is 0 Å². The van der Waals surface area contributed by atoms with Gasteiger partial charge in [0.15, 0.2) is 0 Å². The van der Waals surface area contributed by atoms with Crippen molar-refractivity contribution >= 4 is 18.4 Å². The summed E-state index contributed by atoms with van der Waals surface area (Å²) in [5.41, 5.74) is 6.11. The number of nitrogens with one attached hydrogen (secondary N) is 1. The number of hydrogen-bond donors (Lipinski definition) is 2. The van der Waals surface area contributed by atoms with Crippen LogP contribution in [0.2, 0.25) is 0 Å². The number of rotatable bonds is 12. The topological polar surface area (TPSA) is 82.1 Å². The van der Waals surface area contributed by atoms with Crippen LogP contribution in [0.1, 0.15) is 34.3 Å². The zero-order chi connectivity index (χ0) is 27.9. The van der Waals surface area contributed by atoms with Crippen molar-refractivity contribution in [1.82, 2.24) is 9.80 Å². The lowest BCUT2D eigenvalue weighted by Crippen LogP contribution is -2.41. The van der Waals surface area contributed by atoms with Gasteiger partial charge in [0.05, 0.1) is 6.61 Å². The Morgan fingerprint density at radius 3 is 2.38 bits per heavy atom. The molecule has 7 nitrogen and oxygen atoms in total. The highest BCUT2D eigenvalue weighted by Gasteiger charge is 2.19. The van der Waals surface area contributed by atoms with E-state index in [2.05, 4.69) is 64.6 Å². The van der Waals surface area contributed by atoms with Gasteiger partial charge in [0.2, 0.25) is 0 Å². The van der Waals surface area contributed by atoms with Crippen LogP contribution < -0.4 is 5.32 Å². The number of likely N-dealkylation sites (tertiary alicyclic amines) is 1. The van der Waals surface area contributed by atoms with E-state index < -0.39 is 0 Å². The Kier molecular flexibility index (Phi) is 12.7. The van der Waals surface area contributed by atoms with E-state index in [0.29, 0.717) is 12.0 Å². The lowest BCUT2D eigenvalue weighted by Gasteiger charge is -2.32. The number of ether oxygens (including phenoxy) is 1. The number of aliphatic hydroxyl groups is 1. The van der Waals surface area contributed by atoms with Crippen molar-refractivity contribution in [2.45, 2.75) is 32.0 Å². The molecule has 0 spiro atoms. The highest BCUT2D eigenvalue weighted by molar-refractivity contribution is 5.78. The van der Waals surface area contributed by atoms with Crippen LogP contribution in [0.4, 0.5) is 5.69 Å². The van der Waals surface area contributed by atoms with Gasteiger partial charge in [-0.15, -0.1) is 0 Å². The molecule has 3 aromatic carbocycles. The molecule has 208 valence electrons. The molecule has 1 aliphatic heterocycles. The second kappa shape index (κ2) is 16.4. The molecular weight excluding hydrogens is 490 g/mol. The van der Waals surface area contributed by atoms with Crippen LogP contribution in [-0.4, -0.2) is 80.6 Å². The standard InChI is InChI=1S/C19H28N2O4.C13H13N/c1-20(10-11-21-8-5-19(6-9-21)25-15-24)7-4-17-3-2-16(13-22)12-18(17)14-23;1-14-13-10-6-5-9-12(13)11-7-3-2-4-8-11/h2-3,12,14-15,19,22H,4-11,13H2,1H3;2-10,14H,1H3. The zero-order valence-corrected chi connectivity index (χ0v) is 23.1. The molecule has 1 fully saturated rings. The molecule has 0 amide bonds. The first-order valence-electron chi connectivity index (χ1n) is 13.6. The van der Waals surface area contributed by atoms with Gasteiger partial charge in [-0.3, -0.25) is 9.59 Å². The molecule has 4 rings (SSSR count). The van der Waals surface area contributed by atoms with Gasteiger partial charge in [-0.2, -0.15) is 0 Å². The van der Waals surface area contributed by atoms with Crippen molar-refractivity contribution < 1.29 is 19.4 Å². The predicted molar refractivity (Wildman–Crippen MR) is 157 cm³/mol. The molecule has 0 aliphatic carbocycles. The highest BCUT2D eigenvalue weighted by atomic mass is 16.5. The number of aliphatic hydroxyl groups excluding tert-OH is 1. The molecule has 7 heteroatoms. The first-order valence-corrected chi connectivity index (χ1v) is 13.6. The monoisotopic (exact) mass is 531 g/mol. The summed E-state index contributed by atoms with van der Waals surface area (Å²) >= 11 is 0. The van der Waals surface area contributed by atoms with Crippen molar-refractivity contribution in [2.75, 3.05) is 52.1 Å². The van der Waals surface area contributed by atoms with E-state index in [1.807, 2.05) is 31.3 Å². The Balaban J connectivity index is 0.000000252. The largest absolute Gasteiger partial charge is 0.464 e. The second-order valence-corrected chi connectivity index (χ2v) is 9.80. The third-order valence-electron chi connectivity index (χ3n) is 7.14. The fourth-order valence-corrected chi connectivity index (χ4v) is 4.73. The van der Waals surface area contributed by atoms with Crippen molar-refractivity contribution in [3.63, 3.8) is 0 Å². The van der Waals surface area contributed by atoms with E-state index in [9.17, 15) is 9.59 Å². The van der Waals surface area contributed by atoms with Gasteiger partial charge in [0, 0.05) is 56.6 Å². The number of carbonyl (C=O) groups is 2. The summed E-state index contributed by atoms with van der Waals surface area (Å²) in [5.74, 6) is 0. The zero-order valence-electron chi connectivity index (χ0n) is 23.1. The van der Waals surface area contributed by atoms with Gasteiger partial charge >= 0.3 is 0 Å². The van der Waals surface area contributed by atoms with E-state index in [-0.39, 0.29) is 12.7 Å². The maximum atomic E-state index is 11.2. The van der Waals surface area contributed by atoms with E-state index in [1.54, 1.807) is 6.07 Å². The minimum absolute atomic E-state index is 0.0460. The fraction of sp³-hybridized carbons (Fsp3) is 0.375. The second-order valence-electron chi connectivity index (χ2n) is 9.80. The van der Waals surface area contributed by atoms with Crippen LogP contribution >= 0.6 is 0 Å². The van der Waals surface area contributed by atoms with Crippen LogP contribution in [-0.2, 0) is 22.6 Å². The average Bonchev–Trinajstić information content (AvgIpc) is 3.00. The molecule has 1 heterocycles. The number of hydrogen-bond acceptors (Lipinski definition) is 7. The molecule has 1 aliphatic rings. The van der Waals surface area contributed by atoms with Crippen LogP contribution in [0, 0.1) is 0 Å². The molecule has 0 radical (unpaired) electrons. The Hall–Kier alpha value is -3.52. The number of carbonyl (C=O) groups excluding carboxylic acids is 2. The summed E-state index contributed by atoms with van der Waals surface area (Å²) in [4.78, 5) is 26.2. The third-order valence-corrected chi connectivity index (χ3v) is 7.14. The molecule has 3 aromatic rings. The third kappa shape index (κ3) is 9.62. The van der Waals surface area contributed by atoms with E-state index in [0.717, 1.165) is 69.4 Å². The Morgan fingerprint density at radius 1 is 1.00 bits per heavy atom. The number of benzene rings is 3. The van der Waals surface area contributed by atoms with Gasteiger partial charge in [0.1, 0.15) is 12.4 Å². The Labute approximate surface area is 232 Å². The lowest BCUT2D eigenvalue weighted by atomic mass is 10.0. The van der Waals surface area contributed by atoms with Gasteiger partial charge in [-0.1, -0.05) is 60.7 Å². The van der Waals surface area contributed by atoms with Crippen LogP contribution in [0.3, 0.4) is 0 Å². The first-order chi connectivity index (χ1) is 19.1. The van der Waals surface area contributed by atoms with Gasteiger partial charge in [-0.25, -0.2) is 0 Å². The molecule has 0 aromatic heterocycles. The summed E-state index contributed by atoms with van der Waals surface area (Å²) in [6, 6.07) is 24.3. The SMILES string of the molecule is CN(CCc1ccc(CO)cc1C=O)CCN1CCC(OC=O)CC1.CNc1ccccc1-c1ccccc1. The van der Waals surface area contributed by atoms with E-state index >= 15 is 0 Å². The molecule has 0 atom stereocenters. The minimum atomic E-state index is -0.0460. The summed E-state index contributed by atoms with van der Waals surface area (Å²) in [7, 11) is 4.03. The number of aldehydes is 1. The Morgan fingerprint density at radius 2 is 1.72 bits per heavy atom. The Bertz CT molecular complexity index is 1150. The lowest BCUT2D eigenvalue weighted by molar-refractivity contribution is -0.135. The number of likely N-dealkylation sites (N-methyl/N-ethyl adjacent to an activating group) is 1. The number of piperidine rings is 1. The van der Waals surface area contributed by atoms with Gasteiger partial charge < -0.3 is 25.0 Å². The van der Waals surface area contributed by atoms with Crippen LogP contribution in [0.25, 0.3) is 11.1 Å². The molecule has 1 saturated heterocycles. The minimum Gasteiger partial charge on any atom is -0.464 e. The van der Waals surface area contributed by atoms with Gasteiger partial charge in [-0.05, 0) is 55.1 Å². The number of para-hydroxylation sites is 1.